The van der Waals surface area contributed by atoms with E-state index >= 15 is 0 Å². The van der Waals surface area contributed by atoms with Gasteiger partial charge < -0.3 is 16.0 Å². The number of thiazole rings is 1. The fourth-order valence-corrected chi connectivity index (χ4v) is 3.69. The number of nitrogens with zero attached hydrogens (tertiary/aromatic N) is 2. The second-order valence-corrected chi connectivity index (χ2v) is 7.28. The highest BCUT2D eigenvalue weighted by Gasteiger charge is 2.15. The van der Waals surface area contributed by atoms with Crippen LogP contribution in [0.15, 0.2) is 11.2 Å². The van der Waals surface area contributed by atoms with Gasteiger partial charge in [-0.15, -0.1) is 11.3 Å². The number of carbonyl (C=O) groups excluding carboxylic acids is 1. The Morgan fingerprint density at radius 1 is 1.33 bits per heavy atom. The van der Waals surface area contributed by atoms with Gasteiger partial charge in [-0.1, -0.05) is 26.2 Å². The second kappa shape index (κ2) is 10.3. The number of nitrogens with one attached hydrogen (secondary N) is 3. The summed E-state index contributed by atoms with van der Waals surface area (Å²) in [4.78, 5) is 21.9. The molecule has 1 amide bonds. The molecule has 0 saturated heterocycles. The first-order chi connectivity index (χ1) is 11.7. The number of amides is 1. The highest BCUT2D eigenvalue weighted by Crippen LogP contribution is 2.17. The Balaban J connectivity index is 1.63. The van der Waals surface area contributed by atoms with E-state index in [1.54, 1.807) is 18.4 Å². The summed E-state index contributed by atoms with van der Waals surface area (Å²) in [6.07, 6.45) is 9.78. The number of aromatic nitrogens is 1. The zero-order valence-electron chi connectivity index (χ0n) is 14.7. The van der Waals surface area contributed by atoms with Crippen LogP contribution in [0.4, 0.5) is 0 Å². The molecule has 7 heteroatoms. The number of aliphatic imine (C=N–C) groups is 1. The largest absolute Gasteiger partial charge is 0.356 e. The van der Waals surface area contributed by atoms with Crippen molar-refractivity contribution in [1.82, 2.24) is 20.9 Å². The van der Waals surface area contributed by atoms with Gasteiger partial charge in [0.1, 0.15) is 0 Å². The molecule has 1 aliphatic rings. The van der Waals surface area contributed by atoms with E-state index in [-0.39, 0.29) is 12.5 Å². The van der Waals surface area contributed by atoms with Gasteiger partial charge in [0.25, 0.3) is 0 Å². The third-order valence-electron chi connectivity index (χ3n) is 4.19. The Kier molecular flexibility index (Phi) is 8.01. The monoisotopic (exact) mass is 351 g/mol. The Morgan fingerprint density at radius 3 is 2.79 bits per heavy atom. The SMILES string of the molecule is CCc1cnc(CCNC(=NC)NCC(=O)NC2CCCCC2)s1. The minimum atomic E-state index is 0.0392. The van der Waals surface area contributed by atoms with Crippen molar-refractivity contribution in [3.8, 4) is 0 Å². The van der Waals surface area contributed by atoms with Crippen LogP contribution in [0.3, 0.4) is 0 Å². The minimum absolute atomic E-state index is 0.0392. The molecule has 1 aliphatic carbocycles. The normalized spacial score (nSPS) is 16.0. The first kappa shape index (κ1) is 18.7. The van der Waals surface area contributed by atoms with Crippen molar-refractivity contribution < 1.29 is 4.79 Å². The van der Waals surface area contributed by atoms with Gasteiger partial charge in [-0.3, -0.25) is 9.79 Å². The first-order valence-corrected chi connectivity index (χ1v) is 9.70. The van der Waals surface area contributed by atoms with E-state index in [2.05, 4.69) is 32.9 Å². The topological polar surface area (TPSA) is 78.4 Å². The van der Waals surface area contributed by atoms with Crippen molar-refractivity contribution in [1.29, 1.82) is 0 Å². The van der Waals surface area contributed by atoms with Crippen molar-refractivity contribution in [3.05, 3.63) is 16.1 Å². The van der Waals surface area contributed by atoms with Gasteiger partial charge in [-0.2, -0.15) is 0 Å². The van der Waals surface area contributed by atoms with Crippen molar-refractivity contribution in [2.75, 3.05) is 20.1 Å². The molecule has 1 saturated carbocycles. The molecule has 0 atom stereocenters. The summed E-state index contributed by atoms with van der Waals surface area (Å²) in [5.41, 5.74) is 0. The lowest BCUT2D eigenvalue weighted by Gasteiger charge is -2.23. The molecule has 1 heterocycles. The maximum atomic E-state index is 12.0. The molecule has 1 fully saturated rings. The first-order valence-electron chi connectivity index (χ1n) is 8.88. The van der Waals surface area contributed by atoms with Crippen LogP contribution < -0.4 is 16.0 Å². The fourth-order valence-electron chi connectivity index (χ4n) is 2.83. The second-order valence-electron chi connectivity index (χ2n) is 6.08. The third kappa shape index (κ3) is 6.47. The summed E-state index contributed by atoms with van der Waals surface area (Å²) < 4.78 is 0. The summed E-state index contributed by atoms with van der Waals surface area (Å²) >= 11 is 1.75. The van der Waals surface area contributed by atoms with E-state index in [0.29, 0.717) is 12.0 Å². The summed E-state index contributed by atoms with van der Waals surface area (Å²) in [7, 11) is 1.72. The zero-order valence-corrected chi connectivity index (χ0v) is 15.5. The molecule has 2 rings (SSSR count). The molecule has 0 aromatic carbocycles. The van der Waals surface area contributed by atoms with Crippen LogP contribution in [0, 0.1) is 0 Å². The fraction of sp³-hybridized carbons (Fsp3) is 0.706. The van der Waals surface area contributed by atoms with Crippen molar-refractivity contribution in [2.45, 2.75) is 57.9 Å². The number of rotatable bonds is 7. The molecule has 0 aliphatic heterocycles. The summed E-state index contributed by atoms with van der Waals surface area (Å²) in [5.74, 6) is 0.693. The lowest BCUT2D eigenvalue weighted by Crippen LogP contribution is -2.46. The maximum Gasteiger partial charge on any atom is 0.239 e. The smallest absolute Gasteiger partial charge is 0.239 e. The lowest BCUT2D eigenvalue weighted by molar-refractivity contribution is -0.120. The zero-order chi connectivity index (χ0) is 17.2. The highest BCUT2D eigenvalue weighted by molar-refractivity contribution is 7.11. The molecule has 1 aromatic rings. The van der Waals surface area contributed by atoms with Gasteiger partial charge in [0.2, 0.25) is 5.91 Å². The number of carbonyl (C=O) groups is 1. The van der Waals surface area contributed by atoms with Gasteiger partial charge in [-0.05, 0) is 19.3 Å². The lowest BCUT2D eigenvalue weighted by atomic mass is 9.95. The van der Waals surface area contributed by atoms with Gasteiger partial charge in [0, 0.05) is 37.1 Å². The van der Waals surface area contributed by atoms with Gasteiger partial charge in [0.15, 0.2) is 5.96 Å². The van der Waals surface area contributed by atoms with Crippen LogP contribution in [-0.2, 0) is 17.6 Å². The van der Waals surface area contributed by atoms with Crippen LogP contribution in [0.25, 0.3) is 0 Å². The minimum Gasteiger partial charge on any atom is -0.356 e. The predicted molar refractivity (Wildman–Crippen MR) is 99.6 cm³/mol. The van der Waals surface area contributed by atoms with E-state index in [1.807, 2.05) is 6.20 Å². The Hall–Kier alpha value is -1.63. The highest BCUT2D eigenvalue weighted by atomic mass is 32.1. The van der Waals surface area contributed by atoms with Crippen LogP contribution in [0.1, 0.15) is 48.9 Å². The Labute approximate surface area is 148 Å². The molecule has 6 nitrogen and oxygen atoms in total. The van der Waals surface area contributed by atoms with E-state index < -0.39 is 0 Å². The van der Waals surface area contributed by atoms with E-state index in [9.17, 15) is 4.79 Å². The van der Waals surface area contributed by atoms with E-state index in [1.165, 1.54) is 24.1 Å². The van der Waals surface area contributed by atoms with Crippen molar-refractivity contribution >= 4 is 23.2 Å². The average Bonchev–Trinajstić information content (AvgIpc) is 3.07. The molecule has 0 spiro atoms. The summed E-state index contributed by atoms with van der Waals surface area (Å²) in [5, 5.41) is 10.5. The number of aryl methyl sites for hydroxylation is 1. The average molecular weight is 352 g/mol. The molecule has 134 valence electrons. The number of guanidine groups is 1. The predicted octanol–water partition coefficient (Wildman–Crippen LogP) is 1.86. The molecular weight excluding hydrogens is 322 g/mol. The molecule has 3 N–H and O–H groups in total. The van der Waals surface area contributed by atoms with Crippen molar-refractivity contribution in [2.24, 2.45) is 4.99 Å². The van der Waals surface area contributed by atoms with Gasteiger partial charge in [0.05, 0.1) is 11.6 Å². The van der Waals surface area contributed by atoms with Crippen LogP contribution in [-0.4, -0.2) is 43.0 Å². The van der Waals surface area contributed by atoms with Gasteiger partial charge >= 0.3 is 0 Å². The maximum absolute atomic E-state index is 12.0. The standard InChI is InChI=1S/C17H29N5OS/c1-3-14-11-20-16(24-14)9-10-19-17(18-2)21-12-15(23)22-13-7-5-4-6-8-13/h11,13H,3-10,12H2,1-2H3,(H,22,23)(H2,18,19,21). The van der Waals surface area contributed by atoms with E-state index in [4.69, 9.17) is 0 Å². The van der Waals surface area contributed by atoms with E-state index in [0.717, 1.165) is 37.2 Å². The Morgan fingerprint density at radius 2 is 2.12 bits per heavy atom. The van der Waals surface area contributed by atoms with Crippen molar-refractivity contribution in [3.63, 3.8) is 0 Å². The molecule has 24 heavy (non-hydrogen) atoms. The molecule has 0 radical (unpaired) electrons. The van der Waals surface area contributed by atoms with Crippen LogP contribution in [0.2, 0.25) is 0 Å². The quantitative estimate of drug-likeness (QED) is 0.518. The molecule has 0 unspecified atom stereocenters. The summed E-state index contributed by atoms with van der Waals surface area (Å²) in [6.45, 7) is 3.15. The molecular formula is C17H29N5OS. The summed E-state index contributed by atoms with van der Waals surface area (Å²) in [6, 6.07) is 0.348. The number of hydrogen-bond donors (Lipinski definition) is 3. The molecule has 0 bridgehead atoms. The third-order valence-corrected chi connectivity index (χ3v) is 5.39. The Bertz CT molecular complexity index is 537. The number of hydrogen-bond acceptors (Lipinski definition) is 4. The van der Waals surface area contributed by atoms with Crippen LogP contribution >= 0.6 is 11.3 Å². The van der Waals surface area contributed by atoms with Crippen LogP contribution in [0.5, 0.6) is 0 Å². The van der Waals surface area contributed by atoms with Gasteiger partial charge in [-0.25, -0.2) is 4.98 Å². The molecule has 1 aromatic heterocycles.